The van der Waals surface area contributed by atoms with Crippen molar-refractivity contribution in [1.82, 2.24) is 9.97 Å². The minimum atomic E-state index is -3.20. The second kappa shape index (κ2) is 5.33. The van der Waals surface area contributed by atoms with Gasteiger partial charge in [-0.2, -0.15) is 0 Å². The molecule has 0 saturated heterocycles. The molecule has 0 aliphatic rings. The van der Waals surface area contributed by atoms with Gasteiger partial charge < -0.3 is 10.4 Å². The number of anilines is 2. The monoisotopic (exact) mass is 279 g/mol. The second-order valence-electron chi connectivity index (χ2n) is 3.95. The van der Waals surface area contributed by atoms with Crippen LogP contribution in [0.1, 0.15) is 5.69 Å². The van der Waals surface area contributed by atoms with Crippen LogP contribution >= 0.6 is 0 Å². The van der Waals surface area contributed by atoms with Gasteiger partial charge in [-0.25, -0.2) is 18.4 Å². The van der Waals surface area contributed by atoms with Crippen molar-refractivity contribution < 1.29 is 13.5 Å². The molecule has 2 rings (SSSR count). The maximum absolute atomic E-state index is 11.3. The zero-order valence-corrected chi connectivity index (χ0v) is 11.1. The maximum Gasteiger partial charge on any atom is 0.227 e. The van der Waals surface area contributed by atoms with E-state index in [9.17, 15) is 8.42 Å². The molecule has 0 spiro atoms. The lowest BCUT2D eigenvalue weighted by atomic mass is 10.3. The molecule has 6 nitrogen and oxygen atoms in total. The van der Waals surface area contributed by atoms with E-state index in [2.05, 4.69) is 15.3 Å². The predicted octanol–water partition coefficient (Wildman–Crippen LogP) is 1.12. The standard InChI is InChI=1S/C12H13N3O3S/c1-19(17,18)11-4-2-9(3-5-11)14-12-13-7-6-10(8-16)15-12/h2-7,16H,8H2,1H3,(H,13,14,15). The predicted molar refractivity (Wildman–Crippen MR) is 70.8 cm³/mol. The number of hydrogen-bond acceptors (Lipinski definition) is 6. The summed E-state index contributed by atoms with van der Waals surface area (Å²) in [5, 5.41) is 11.9. The van der Waals surface area contributed by atoms with Gasteiger partial charge in [0.05, 0.1) is 17.2 Å². The first-order valence-electron chi connectivity index (χ1n) is 5.49. The van der Waals surface area contributed by atoms with Gasteiger partial charge in [-0.1, -0.05) is 0 Å². The van der Waals surface area contributed by atoms with Gasteiger partial charge in [0.1, 0.15) is 0 Å². The van der Waals surface area contributed by atoms with Gasteiger partial charge >= 0.3 is 0 Å². The van der Waals surface area contributed by atoms with Crippen molar-refractivity contribution in [3.63, 3.8) is 0 Å². The third-order valence-corrected chi connectivity index (χ3v) is 3.54. The van der Waals surface area contributed by atoms with E-state index in [1.54, 1.807) is 18.2 Å². The van der Waals surface area contributed by atoms with Crippen molar-refractivity contribution in [3.8, 4) is 0 Å². The Morgan fingerprint density at radius 3 is 2.47 bits per heavy atom. The Labute approximate surface area is 111 Å². The average Bonchev–Trinajstić information content (AvgIpc) is 2.38. The van der Waals surface area contributed by atoms with Crippen molar-refractivity contribution in [2.45, 2.75) is 11.5 Å². The highest BCUT2D eigenvalue weighted by molar-refractivity contribution is 7.90. The van der Waals surface area contributed by atoms with Crippen LogP contribution in [0, 0.1) is 0 Å². The van der Waals surface area contributed by atoms with Crippen LogP contribution < -0.4 is 5.32 Å². The fourth-order valence-electron chi connectivity index (χ4n) is 1.46. The first-order valence-corrected chi connectivity index (χ1v) is 7.38. The molecule has 2 aromatic rings. The Bertz CT molecular complexity index is 669. The number of aliphatic hydroxyl groups excluding tert-OH is 1. The molecule has 0 aliphatic carbocycles. The molecular formula is C12H13N3O3S. The zero-order chi connectivity index (χ0) is 13.9. The van der Waals surface area contributed by atoms with Gasteiger partial charge in [-0.15, -0.1) is 0 Å². The molecular weight excluding hydrogens is 266 g/mol. The minimum Gasteiger partial charge on any atom is -0.390 e. The van der Waals surface area contributed by atoms with Crippen LogP contribution in [-0.2, 0) is 16.4 Å². The molecule has 1 aromatic carbocycles. The first kappa shape index (κ1) is 13.4. The van der Waals surface area contributed by atoms with Crippen molar-refractivity contribution in [2.24, 2.45) is 0 Å². The Morgan fingerprint density at radius 2 is 1.89 bits per heavy atom. The quantitative estimate of drug-likeness (QED) is 0.871. The van der Waals surface area contributed by atoms with E-state index in [1.165, 1.54) is 18.3 Å². The number of aliphatic hydroxyl groups is 1. The van der Waals surface area contributed by atoms with Crippen LogP contribution in [-0.4, -0.2) is 29.7 Å². The molecule has 0 radical (unpaired) electrons. The summed E-state index contributed by atoms with van der Waals surface area (Å²) in [6, 6.07) is 7.88. The van der Waals surface area contributed by atoms with Crippen LogP contribution in [0.3, 0.4) is 0 Å². The smallest absolute Gasteiger partial charge is 0.227 e. The summed E-state index contributed by atoms with van der Waals surface area (Å²) in [5.74, 6) is 0.346. The van der Waals surface area contributed by atoms with E-state index >= 15 is 0 Å². The fraction of sp³-hybridized carbons (Fsp3) is 0.167. The molecule has 7 heteroatoms. The molecule has 0 atom stereocenters. The summed E-state index contributed by atoms with van der Waals surface area (Å²) in [6.07, 6.45) is 2.69. The number of rotatable bonds is 4. The van der Waals surface area contributed by atoms with Crippen LogP contribution in [0.2, 0.25) is 0 Å². The lowest BCUT2D eigenvalue weighted by molar-refractivity contribution is 0.277. The van der Waals surface area contributed by atoms with Crippen LogP contribution in [0.25, 0.3) is 0 Å². The molecule has 0 bridgehead atoms. The van der Waals surface area contributed by atoms with Crippen molar-refractivity contribution >= 4 is 21.5 Å². The average molecular weight is 279 g/mol. The topological polar surface area (TPSA) is 92.2 Å². The Morgan fingerprint density at radius 1 is 1.21 bits per heavy atom. The van der Waals surface area contributed by atoms with Crippen LogP contribution in [0.4, 0.5) is 11.6 Å². The van der Waals surface area contributed by atoms with Gasteiger partial charge in [0.2, 0.25) is 5.95 Å². The SMILES string of the molecule is CS(=O)(=O)c1ccc(Nc2nccc(CO)n2)cc1. The summed E-state index contributed by atoms with van der Waals surface area (Å²) in [7, 11) is -3.20. The Kier molecular flexibility index (Phi) is 3.77. The molecule has 0 amide bonds. The van der Waals surface area contributed by atoms with Gasteiger partial charge in [0.15, 0.2) is 9.84 Å². The zero-order valence-electron chi connectivity index (χ0n) is 10.2. The van der Waals surface area contributed by atoms with Gasteiger partial charge in [0, 0.05) is 18.1 Å². The van der Waals surface area contributed by atoms with Crippen molar-refractivity contribution in [3.05, 3.63) is 42.2 Å². The molecule has 0 aliphatic heterocycles. The third-order valence-electron chi connectivity index (χ3n) is 2.41. The van der Waals surface area contributed by atoms with Crippen LogP contribution in [0.5, 0.6) is 0 Å². The molecule has 100 valence electrons. The first-order chi connectivity index (χ1) is 8.99. The highest BCUT2D eigenvalue weighted by atomic mass is 32.2. The lowest BCUT2D eigenvalue weighted by Gasteiger charge is -2.06. The molecule has 1 heterocycles. The van der Waals surface area contributed by atoms with E-state index in [0.717, 1.165) is 6.26 Å². The van der Waals surface area contributed by atoms with Crippen molar-refractivity contribution in [2.75, 3.05) is 11.6 Å². The lowest BCUT2D eigenvalue weighted by Crippen LogP contribution is -2.01. The third kappa shape index (κ3) is 3.49. The molecule has 0 unspecified atom stereocenters. The fourth-order valence-corrected chi connectivity index (χ4v) is 2.09. The number of benzene rings is 1. The van der Waals surface area contributed by atoms with E-state index < -0.39 is 9.84 Å². The highest BCUT2D eigenvalue weighted by Gasteiger charge is 2.06. The van der Waals surface area contributed by atoms with E-state index in [-0.39, 0.29) is 11.5 Å². The summed E-state index contributed by atoms with van der Waals surface area (Å²) >= 11 is 0. The van der Waals surface area contributed by atoms with Gasteiger partial charge in [-0.05, 0) is 30.3 Å². The number of sulfone groups is 1. The summed E-state index contributed by atoms with van der Waals surface area (Å²) in [5.41, 5.74) is 1.17. The molecule has 2 N–H and O–H groups in total. The largest absolute Gasteiger partial charge is 0.390 e. The molecule has 0 saturated carbocycles. The number of nitrogens with zero attached hydrogens (tertiary/aromatic N) is 2. The maximum atomic E-state index is 11.3. The summed E-state index contributed by atoms with van der Waals surface area (Å²) in [4.78, 5) is 8.32. The Hall–Kier alpha value is -1.99. The summed E-state index contributed by atoms with van der Waals surface area (Å²) in [6.45, 7) is -0.162. The van der Waals surface area contributed by atoms with E-state index in [0.29, 0.717) is 17.3 Å². The van der Waals surface area contributed by atoms with Gasteiger partial charge in [-0.3, -0.25) is 0 Å². The molecule has 1 aromatic heterocycles. The van der Waals surface area contributed by atoms with Gasteiger partial charge in [0.25, 0.3) is 0 Å². The number of hydrogen-bond donors (Lipinski definition) is 2. The normalized spacial score (nSPS) is 11.3. The Balaban J connectivity index is 2.19. The van der Waals surface area contributed by atoms with E-state index in [1.807, 2.05) is 0 Å². The molecule has 0 fully saturated rings. The second-order valence-corrected chi connectivity index (χ2v) is 5.97. The number of nitrogens with one attached hydrogen (secondary N) is 1. The summed E-state index contributed by atoms with van der Waals surface area (Å²) < 4.78 is 22.6. The molecule has 19 heavy (non-hydrogen) atoms. The van der Waals surface area contributed by atoms with Crippen molar-refractivity contribution in [1.29, 1.82) is 0 Å². The highest BCUT2D eigenvalue weighted by Crippen LogP contribution is 2.16. The van der Waals surface area contributed by atoms with E-state index in [4.69, 9.17) is 5.11 Å². The minimum absolute atomic E-state index is 0.162. The van der Waals surface area contributed by atoms with Crippen LogP contribution in [0.15, 0.2) is 41.4 Å². The number of aromatic nitrogens is 2.